The molecule has 2 rings (SSSR count). The third-order valence-corrected chi connectivity index (χ3v) is 3.25. The predicted octanol–water partition coefficient (Wildman–Crippen LogP) is 2.88. The summed E-state index contributed by atoms with van der Waals surface area (Å²) in [6.07, 6.45) is 3.34. The molecule has 0 spiro atoms. The fourth-order valence-corrected chi connectivity index (χ4v) is 2.66. The number of aromatic nitrogens is 1. The van der Waals surface area contributed by atoms with Crippen molar-refractivity contribution in [2.75, 3.05) is 18.4 Å². The fourth-order valence-electron chi connectivity index (χ4n) is 2.29. The number of carbonyl (C=O) groups is 1. The Bertz CT molecular complexity index is 479. The highest BCUT2D eigenvalue weighted by molar-refractivity contribution is 9.10. The number of hydrogen-bond acceptors (Lipinski definition) is 3. The average Bonchev–Trinajstić information content (AvgIpc) is 2.26. The van der Waals surface area contributed by atoms with Gasteiger partial charge in [-0.3, -0.25) is 4.98 Å². The molecule has 104 valence electrons. The second-order valence-corrected chi connectivity index (χ2v) is 6.31. The molecule has 0 saturated carbocycles. The van der Waals surface area contributed by atoms with Crippen LogP contribution in [0.4, 0.5) is 10.5 Å². The highest BCUT2D eigenvalue weighted by atomic mass is 79.9. The SMILES string of the molecule is C[C@@H]1CN(C(=O)Nc2cncc(Br)c2)CC(C)(C)O1. The summed E-state index contributed by atoms with van der Waals surface area (Å²) in [4.78, 5) is 18.0. The summed E-state index contributed by atoms with van der Waals surface area (Å²) in [5.41, 5.74) is 0.362. The van der Waals surface area contributed by atoms with E-state index < -0.39 is 0 Å². The molecule has 2 heterocycles. The minimum absolute atomic E-state index is 0.0372. The van der Waals surface area contributed by atoms with Crippen LogP contribution in [0.15, 0.2) is 22.9 Å². The van der Waals surface area contributed by atoms with Gasteiger partial charge in [0.2, 0.25) is 0 Å². The summed E-state index contributed by atoms with van der Waals surface area (Å²) in [5.74, 6) is 0. The predicted molar refractivity (Wildman–Crippen MR) is 77.2 cm³/mol. The van der Waals surface area contributed by atoms with Crippen molar-refractivity contribution >= 4 is 27.6 Å². The molecule has 1 aromatic heterocycles. The Morgan fingerprint density at radius 2 is 2.32 bits per heavy atom. The lowest BCUT2D eigenvalue weighted by Crippen LogP contribution is -2.54. The van der Waals surface area contributed by atoms with Crippen LogP contribution in [-0.4, -0.2) is 40.7 Å². The molecule has 5 nitrogen and oxygen atoms in total. The van der Waals surface area contributed by atoms with Crippen molar-refractivity contribution in [2.45, 2.75) is 32.5 Å². The molecule has 0 unspecified atom stereocenters. The van der Waals surface area contributed by atoms with Gasteiger partial charge in [-0.25, -0.2) is 4.79 Å². The molecule has 0 aliphatic carbocycles. The number of anilines is 1. The van der Waals surface area contributed by atoms with Gasteiger partial charge in [-0.2, -0.15) is 0 Å². The number of carbonyl (C=O) groups excluding carboxylic acids is 1. The van der Waals surface area contributed by atoms with Crippen LogP contribution >= 0.6 is 15.9 Å². The first kappa shape index (κ1) is 14.3. The topological polar surface area (TPSA) is 54.5 Å². The van der Waals surface area contributed by atoms with Gasteiger partial charge in [0.1, 0.15) is 0 Å². The van der Waals surface area contributed by atoms with Gasteiger partial charge in [-0.05, 0) is 42.8 Å². The number of pyridine rings is 1. The molecule has 1 aromatic rings. The molecule has 0 radical (unpaired) electrons. The highest BCUT2D eigenvalue weighted by Gasteiger charge is 2.33. The van der Waals surface area contributed by atoms with E-state index in [4.69, 9.17) is 4.74 Å². The summed E-state index contributed by atoms with van der Waals surface area (Å²) in [6, 6.07) is 1.70. The molecule has 6 heteroatoms. The lowest BCUT2D eigenvalue weighted by Gasteiger charge is -2.41. The van der Waals surface area contributed by atoms with Gasteiger partial charge in [0.05, 0.1) is 30.1 Å². The smallest absolute Gasteiger partial charge is 0.322 e. The van der Waals surface area contributed by atoms with Crippen molar-refractivity contribution in [1.29, 1.82) is 0 Å². The first-order valence-electron chi connectivity index (χ1n) is 6.20. The Morgan fingerprint density at radius 1 is 1.58 bits per heavy atom. The molecule has 19 heavy (non-hydrogen) atoms. The van der Waals surface area contributed by atoms with E-state index in [1.165, 1.54) is 0 Å². The second-order valence-electron chi connectivity index (χ2n) is 5.39. The van der Waals surface area contributed by atoms with Crippen LogP contribution in [0.3, 0.4) is 0 Å². The minimum Gasteiger partial charge on any atom is -0.369 e. The molecular formula is C13H18BrN3O2. The molecule has 2 amide bonds. The Kier molecular flexibility index (Phi) is 4.10. The van der Waals surface area contributed by atoms with E-state index in [0.29, 0.717) is 18.8 Å². The zero-order chi connectivity index (χ0) is 14.0. The van der Waals surface area contributed by atoms with Gasteiger partial charge >= 0.3 is 6.03 Å². The summed E-state index contributed by atoms with van der Waals surface area (Å²) in [7, 11) is 0. The fraction of sp³-hybridized carbons (Fsp3) is 0.538. The minimum atomic E-state index is -0.315. The maximum Gasteiger partial charge on any atom is 0.322 e. The highest BCUT2D eigenvalue weighted by Crippen LogP contribution is 2.22. The van der Waals surface area contributed by atoms with Crippen LogP contribution < -0.4 is 5.32 Å². The molecule has 1 fully saturated rings. The Balaban J connectivity index is 2.03. The number of rotatable bonds is 1. The Morgan fingerprint density at radius 3 is 2.95 bits per heavy atom. The first-order chi connectivity index (χ1) is 8.85. The maximum absolute atomic E-state index is 12.2. The van der Waals surface area contributed by atoms with Crippen LogP contribution in [0.25, 0.3) is 0 Å². The number of morpholine rings is 1. The lowest BCUT2D eigenvalue weighted by molar-refractivity contribution is -0.116. The van der Waals surface area contributed by atoms with E-state index >= 15 is 0 Å². The molecule has 1 aliphatic rings. The quantitative estimate of drug-likeness (QED) is 0.862. The molecule has 1 aliphatic heterocycles. The second kappa shape index (κ2) is 5.46. The zero-order valence-electron chi connectivity index (χ0n) is 11.3. The summed E-state index contributed by atoms with van der Waals surface area (Å²) >= 11 is 3.33. The van der Waals surface area contributed by atoms with E-state index in [1.807, 2.05) is 26.8 Å². The summed E-state index contributed by atoms with van der Waals surface area (Å²) in [5, 5.41) is 2.85. The van der Waals surface area contributed by atoms with E-state index in [9.17, 15) is 4.79 Å². The first-order valence-corrected chi connectivity index (χ1v) is 6.99. The Labute approximate surface area is 121 Å². The van der Waals surface area contributed by atoms with Crippen LogP contribution in [0, 0.1) is 0 Å². The van der Waals surface area contributed by atoms with Gasteiger partial charge in [-0.1, -0.05) is 0 Å². The number of halogens is 1. The third-order valence-electron chi connectivity index (χ3n) is 2.81. The largest absolute Gasteiger partial charge is 0.369 e. The third kappa shape index (κ3) is 3.91. The van der Waals surface area contributed by atoms with Gasteiger partial charge < -0.3 is 15.0 Å². The van der Waals surface area contributed by atoms with Crippen molar-refractivity contribution in [3.63, 3.8) is 0 Å². The van der Waals surface area contributed by atoms with E-state index in [-0.39, 0.29) is 17.7 Å². The maximum atomic E-state index is 12.2. The number of urea groups is 1. The normalized spacial score (nSPS) is 22.1. The zero-order valence-corrected chi connectivity index (χ0v) is 12.9. The van der Waals surface area contributed by atoms with Crippen molar-refractivity contribution in [3.8, 4) is 0 Å². The molecule has 1 atom stereocenters. The molecule has 0 aromatic carbocycles. The molecule has 0 bridgehead atoms. The monoisotopic (exact) mass is 327 g/mol. The number of amides is 2. The molecular weight excluding hydrogens is 310 g/mol. The van der Waals surface area contributed by atoms with Crippen molar-refractivity contribution < 1.29 is 9.53 Å². The van der Waals surface area contributed by atoms with E-state index in [1.54, 1.807) is 17.3 Å². The number of hydrogen-bond donors (Lipinski definition) is 1. The van der Waals surface area contributed by atoms with Crippen LogP contribution in [0.5, 0.6) is 0 Å². The number of nitrogens with zero attached hydrogens (tertiary/aromatic N) is 2. The van der Waals surface area contributed by atoms with Crippen molar-refractivity contribution in [1.82, 2.24) is 9.88 Å². The Hall–Kier alpha value is -1.14. The summed E-state index contributed by atoms with van der Waals surface area (Å²) < 4.78 is 6.62. The van der Waals surface area contributed by atoms with Gasteiger partial charge in [-0.15, -0.1) is 0 Å². The van der Waals surface area contributed by atoms with Gasteiger partial charge in [0.15, 0.2) is 0 Å². The van der Waals surface area contributed by atoms with Crippen LogP contribution in [-0.2, 0) is 4.74 Å². The standard InChI is InChI=1S/C13H18BrN3O2/c1-9-7-17(8-13(2,3)19-9)12(18)16-11-4-10(14)5-15-6-11/h4-6,9H,7-8H2,1-3H3,(H,16,18)/t9-/m1/s1. The summed E-state index contributed by atoms with van der Waals surface area (Å²) in [6.45, 7) is 7.12. The lowest BCUT2D eigenvalue weighted by atomic mass is 10.1. The number of ether oxygens (including phenoxy) is 1. The van der Waals surface area contributed by atoms with Crippen LogP contribution in [0.1, 0.15) is 20.8 Å². The van der Waals surface area contributed by atoms with Gasteiger partial charge in [0, 0.05) is 17.2 Å². The van der Waals surface area contributed by atoms with Crippen molar-refractivity contribution in [3.05, 3.63) is 22.9 Å². The van der Waals surface area contributed by atoms with Crippen molar-refractivity contribution in [2.24, 2.45) is 0 Å². The van der Waals surface area contributed by atoms with E-state index in [0.717, 1.165) is 4.47 Å². The molecule has 1 N–H and O–H groups in total. The van der Waals surface area contributed by atoms with E-state index in [2.05, 4.69) is 26.2 Å². The number of nitrogens with one attached hydrogen (secondary N) is 1. The van der Waals surface area contributed by atoms with Crippen LogP contribution in [0.2, 0.25) is 0 Å². The average molecular weight is 328 g/mol. The molecule has 1 saturated heterocycles. The van der Waals surface area contributed by atoms with Gasteiger partial charge in [0.25, 0.3) is 0 Å².